The van der Waals surface area contributed by atoms with Crippen LogP contribution in [0.5, 0.6) is 0 Å². The van der Waals surface area contributed by atoms with Gasteiger partial charge in [0.05, 0.1) is 24.4 Å². The monoisotopic (exact) mass is 241 g/mol. The molecule has 5 nitrogen and oxygen atoms in total. The lowest BCUT2D eigenvalue weighted by Gasteiger charge is -2.24. The topological polar surface area (TPSA) is 68.5 Å². The molecule has 0 bridgehead atoms. The zero-order chi connectivity index (χ0) is 13.0. The van der Waals surface area contributed by atoms with Gasteiger partial charge in [0.1, 0.15) is 11.6 Å². The highest BCUT2D eigenvalue weighted by Crippen LogP contribution is 2.13. The van der Waals surface area contributed by atoms with Gasteiger partial charge in [-0.25, -0.2) is 9.37 Å². The Bertz CT molecular complexity index is 412. The lowest BCUT2D eigenvalue weighted by molar-refractivity contribution is 0.0634. The lowest BCUT2D eigenvalue weighted by Crippen LogP contribution is -2.38. The first-order valence-electron chi connectivity index (χ1n) is 5.14. The number of rotatable bonds is 4. The van der Waals surface area contributed by atoms with Gasteiger partial charge in [-0.15, -0.1) is 0 Å². The highest BCUT2D eigenvalue weighted by atomic mass is 19.1. The SMILES string of the molecule is COCC(C)N(C)C(=O)c1cc(F)cnc1N. The number of amides is 1. The van der Waals surface area contributed by atoms with Crippen LogP contribution in [0.2, 0.25) is 0 Å². The van der Waals surface area contributed by atoms with Crippen molar-refractivity contribution in [2.45, 2.75) is 13.0 Å². The Morgan fingerprint density at radius 3 is 2.94 bits per heavy atom. The summed E-state index contributed by atoms with van der Waals surface area (Å²) in [7, 11) is 3.16. The molecule has 0 fully saturated rings. The second-order valence-electron chi connectivity index (χ2n) is 3.81. The first kappa shape index (κ1) is 13.4. The maximum absolute atomic E-state index is 13.0. The van der Waals surface area contributed by atoms with E-state index in [9.17, 15) is 9.18 Å². The van der Waals surface area contributed by atoms with Crippen molar-refractivity contribution < 1.29 is 13.9 Å². The summed E-state index contributed by atoms with van der Waals surface area (Å²) in [5, 5.41) is 0. The number of likely N-dealkylation sites (N-methyl/N-ethyl adjacent to an activating group) is 1. The minimum atomic E-state index is -0.588. The van der Waals surface area contributed by atoms with E-state index in [4.69, 9.17) is 10.5 Å². The number of nitrogens with two attached hydrogens (primary N) is 1. The van der Waals surface area contributed by atoms with Crippen molar-refractivity contribution >= 4 is 11.7 Å². The van der Waals surface area contributed by atoms with Crippen LogP contribution < -0.4 is 5.73 Å². The predicted molar refractivity (Wildman–Crippen MR) is 62.0 cm³/mol. The average molecular weight is 241 g/mol. The van der Waals surface area contributed by atoms with Crippen LogP contribution in [0, 0.1) is 5.82 Å². The lowest BCUT2D eigenvalue weighted by atomic mass is 10.2. The summed E-state index contributed by atoms with van der Waals surface area (Å²) in [4.78, 5) is 17.1. The number of halogens is 1. The first-order valence-corrected chi connectivity index (χ1v) is 5.14. The predicted octanol–water partition coefficient (Wildman–Crippen LogP) is 0.910. The highest BCUT2D eigenvalue weighted by Gasteiger charge is 2.20. The molecule has 0 aromatic carbocycles. The molecule has 0 aliphatic rings. The van der Waals surface area contributed by atoms with Gasteiger partial charge >= 0.3 is 0 Å². The molecule has 1 atom stereocenters. The zero-order valence-electron chi connectivity index (χ0n) is 10.1. The van der Waals surface area contributed by atoms with Crippen LogP contribution in [0.3, 0.4) is 0 Å². The van der Waals surface area contributed by atoms with E-state index in [1.54, 1.807) is 14.2 Å². The van der Waals surface area contributed by atoms with Gasteiger partial charge in [0, 0.05) is 14.2 Å². The third kappa shape index (κ3) is 3.13. The zero-order valence-corrected chi connectivity index (χ0v) is 10.1. The Hall–Kier alpha value is -1.69. The van der Waals surface area contributed by atoms with E-state index in [0.717, 1.165) is 12.3 Å². The fourth-order valence-corrected chi connectivity index (χ4v) is 1.36. The maximum Gasteiger partial charge on any atom is 0.257 e. The van der Waals surface area contributed by atoms with Gasteiger partial charge in [0.2, 0.25) is 0 Å². The van der Waals surface area contributed by atoms with Gasteiger partial charge in [-0.2, -0.15) is 0 Å². The summed E-state index contributed by atoms with van der Waals surface area (Å²) in [6.07, 6.45) is 0.977. The molecular weight excluding hydrogens is 225 g/mol. The van der Waals surface area contributed by atoms with Crippen LogP contribution in [0.1, 0.15) is 17.3 Å². The summed E-state index contributed by atoms with van der Waals surface area (Å²) in [5.41, 5.74) is 5.61. The summed E-state index contributed by atoms with van der Waals surface area (Å²) in [6, 6.07) is 0.955. The number of hydrogen-bond acceptors (Lipinski definition) is 4. The van der Waals surface area contributed by atoms with Gasteiger partial charge < -0.3 is 15.4 Å². The number of anilines is 1. The molecular formula is C11H16FN3O2. The standard InChI is InChI=1S/C11H16FN3O2/c1-7(6-17-3)15(2)11(16)9-4-8(12)5-14-10(9)13/h4-5,7H,6H2,1-3H3,(H2,13,14). The Kier molecular flexibility index (Phi) is 4.39. The van der Waals surface area contributed by atoms with E-state index in [2.05, 4.69) is 4.98 Å². The van der Waals surface area contributed by atoms with Crippen molar-refractivity contribution in [1.82, 2.24) is 9.88 Å². The second-order valence-corrected chi connectivity index (χ2v) is 3.81. The smallest absolute Gasteiger partial charge is 0.257 e. The van der Waals surface area contributed by atoms with E-state index in [1.165, 1.54) is 4.90 Å². The van der Waals surface area contributed by atoms with Crippen molar-refractivity contribution in [3.8, 4) is 0 Å². The number of carbonyl (C=O) groups excluding carboxylic acids is 1. The molecule has 1 unspecified atom stereocenters. The number of nitrogen functional groups attached to an aromatic ring is 1. The Labute approximate surface area is 99.4 Å². The van der Waals surface area contributed by atoms with E-state index >= 15 is 0 Å². The van der Waals surface area contributed by atoms with Crippen LogP contribution in [0.15, 0.2) is 12.3 Å². The third-order valence-corrected chi connectivity index (χ3v) is 2.50. The molecule has 6 heteroatoms. The Morgan fingerprint density at radius 1 is 1.71 bits per heavy atom. The van der Waals surface area contributed by atoms with Crippen molar-refractivity contribution in [1.29, 1.82) is 0 Å². The molecule has 1 aromatic rings. The van der Waals surface area contributed by atoms with E-state index in [0.29, 0.717) is 6.61 Å². The summed E-state index contributed by atoms with van der Waals surface area (Å²) in [5.74, 6) is -0.942. The number of aromatic nitrogens is 1. The molecule has 0 aliphatic heterocycles. The number of ether oxygens (including phenoxy) is 1. The quantitative estimate of drug-likeness (QED) is 0.850. The van der Waals surface area contributed by atoms with E-state index in [1.807, 2.05) is 6.92 Å². The van der Waals surface area contributed by atoms with Gasteiger partial charge in [0.25, 0.3) is 5.91 Å². The molecule has 1 amide bonds. The number of hydrogen-bond donors (Lipinski definition) is 1. The molecule has 0 spiro atoms. The average Bonchev–Trinajstić information content (AvgIpc) is 2.30. The van der Waals surface area contributed by atoms with Crippen LogP contribution in [0.25, 0.3) is 0 Å². The van der Waals surface area contributed by atoms with Gasteiger partial charge in [-0.05, 0) is 13.0 Å². The third-order valence-electron chi connectivity index (χ3n) is 2.50. The molecule has 1 aromatic heterocycles. The molecule has 2 N–H and O–H groups in total. The Balaban J connectivity index is 2.92. The summed E-state index contributed by atoms with van der Waals surface area (Å²) in [6.45, 7) is 2.22. The van der Waals surface area contributed by atoms with Crippen molar-refractivity contribution in [2.75, 3.05) is 26.5 Å². The molecule has 1 heterocycles. The maximum atomic E-state index is 13.0. The van der Waals surface area contributed by atoms with Crippen molar-refractivity contribution in [3.05, 3.63) is 23.6 Å². The molecule has 0 saturated carbocycles. The number of carbonyl (C=O) groups is 1. The number of methoxy groups -OCH3 is 1. The van der Waals surface area contributed by atoms with Crippen molar-refractivity contribution in [3.63, 3.8) is 0 Å². The fourth-order valence-electron chi connectivity index (χ4n) is 1.36. The minimum absolute atomic E-state index is 0.0212. The molecule has 0 aliphatic carbocycles. The second kappa shape index (κ2) is 5.58. The van der Waals surface area contributed by atoms with Crippen LogP contribution >= 0.6 is 0 Å². The fraction of sp³-hybridized carbons (Fsp3) is 0.455. The largest absolute Gasteiger partial charge is 0.383 e. The minimum Gasteiger partial charge on any atom is -0.383 e. The molecule has 94 valence electrons. The number of pyridine rings is 1. The van der Waals surface area contributed by atoms with Crippen LogP contribution in [-0.4, -0.2) is 42.6 Å². The molecule has 0 radical (unpaired) electrons. The summed E-state index contributed by atoms with van der Waals surface area (Å²) >= 11 is 0. The van der Waals surface area contributed by atoms with Crippen LogP contribution in [-0.2, 0) is 4.74 Å². The van der Waals surface area contributed by atoms with E-state index in [-0.39, 0.29) is 23.3 Å². The highest BCUT2D eigenvalue weighted by molar-refractivity contribution is 5.98. The summed E-state index contributed by atoms with van der Waals surface area (Å²) < 4.78 is 18.0. The molecule has 0 saturated heterocycles. The van der Waals surface area contributed by atoms with Crippen LogP contribution in [0.4, 0.5) is 10.2 Å². The van der Waals surface area contributed by atoms with E-state index < -0.39 is 5.82 Å². The molecule has 17 heavy (non-hydrogen) atoms. The van der Waals surface area contributed by atoms with Gasteiger partial charge in [-0.3, -0.25) is 4.79 Å². The van der Waals surface area contributed by atoms with Crippen molar-refractivity contribution in [2.24, 2.45) is 0 Å². The first-order chi connectivity index (χ1) is 7.97. The van der Waals surface area contributed by atoms with Gasteiger partial charge in [0.15, 0.2) is 0 Å². The molecule has 1 rings (SSSR count). The van der Waals surface area contributed by atoms with Gasteiger partial charge in [-0.1, -0.05) is 0 Å². The number of nitrogens with zero attached hydrogens (tertiary/aromatic N) is 2. The Morgan fingerprint density at radius 2 is 2.35 bits per heavy atom. The normalized spacial score (nSPS) is 12.2.